The molecule has 0 aliphatic rings. The van der Waals surface area contributed by atoms with Crippen LogP contribution in [0.1, 0.15) is 13.8 Å². The highest BCUT2D eigenvalue weighted by atomic mass is 79.9. The maximum atomic E-state index is 10.9. The third-order valence-electron chi connectivity index (χ3n) is 1.86. The molecule has 5 heteroatoms. The van der Waals surface area contributed by atoms with E-state index in [0.717, 1.165) is 9.50 Å². The first-order valence-electron chi connectivity index (χ1n) is 4.39. The van der Waals surface area contributed by atoms with Gasteiger partial charge >= 0.3 is 5.97 Å². The van der Waals surface area contributed by atoms with Crippen LogP contribution in [-0.2, 0) is 4.79 Å². The minimum atomic E-state index is -0.785. The van der Waals surface area contributed by atoms with Gasteiger partial charge in [-0.15, -0.1) is 11.8 Å². The van der Waals surface area contributed by atoms with E-state index in [9.17, 15) is 4.79 Å². The van der Waals surface area contributed by atoms with Crippen molar-refractivity contribution in [1.82, 2.24) is 4.98 Å². The lowest BCUT2D eigenvalue weighted by Crippen LogP contribution is -2.26. The van der Waals surface area contributed by atoms with Crippen LogP contribution < -0.4 is 0 Å². The van der Waals surface area contributed by atoms with E-state index in [1.807, 2.05) is 12.1 Å². The molecule has 1 rings (SSSR count). The molecule has 3 nitrogen and oxygen atoms in total. The number of halogens is 1. The van der Waals surface area contributed by atoms with Crippen molar-refractivity contribution in [2.75, 3.05) is 5.75 Å². The number of carboxylic acid groups (broad SMARTS) is 1. The van der Waals surface area contributed by atoms with E-state index >= 15 is 0 Å². The Morgan fingerprint density at radius 2 is 2.27 bits per heavy atom. The molecule has 0 saturated heterocycles. The van der Waals surface area contributed by atoms with Crippen molar-refractivity contribution >= 4 is 33.7 Å². The Morgan fingerprint density at radius 1 is 1.60 bits per heavy atom. The third-order valence-corrected chi connectivity index (χ3v) is 3.73. The van der Waals surface area contributed by atoms with E-state index in [0.29, 0.717) is 5.75 Å². The molecule has 82 valence electrons. The fraction of sp³-hybridized carbons (Fsp3) is 0.400. The Bertz CT molecular complexity index is 351. The van der Waals surface area contributed by atoms with Crippen molar-refractivity contribution in [1.29, 1.82) is 0 Å². The molecule has 15 heavy (non-hydrogen) atoms. The molecule has 1 aromatic rings. The van der Waals surface area contributed by atoms with Crippen LogP contribution in [0.15, 0.2) is 27.8 Å². The molecule has 0 fully saturated rings. The van der Waals surface area contributed by atoms with Crippen LogP contribution in [0.2, 0.25) is 0 Å². The van der Waals surface area contributed by atoms with Gasteiger partial charge in [0, 0.05) is 16.4 Å². The van der Waals surface area contributed by atoms with Crippen molar-refractivity contribution < 1.29 is 9.90 Å². The summed E-state index contributed by atoms with van der Waals surface area (Å²) in [6.07, 6.45) is 1.70. The Morgan fingerprint density at radius 3 is 2.73 bits per heavy atom. The van der Waals surface area contributed by atoms with Gasteiger partial charge in [-0.2, -0.15) is 0 Å². The Labute approximate surface area is 101 Å². The molecule has 0 spiro atoms. The first-order valence-corrected chi connectivity index (χ1v) is 6.17. The number of hydrogen-bond acceptors (Lipinski definition) is 3. The number of aliphatic carboxylic acids is 1. The predicted molar refractivity (Wildman–Crippen MR) is 64.1 cm³/mol. The van der Waals surface area contributed by atoms with E-state index in [2.05, 4.69) is 20.9 Å². The average molecular weight is 290 g/mol. The van der Waals surface area contributed by atoms with Gasteiger partial charge in [-0.3, -0.25) is 4.79 Å². The summed E-state index contributed by atoms with van der Waals surface area (Å²) < 4.78 is 0.921. The molecule has 0 amide bonds. The van der Waals surface area contributed by atoms with Crippen LogP contribution in [0.5, 0.6) is 0 Å². The molecular formula is C10H12BrNO2S. The van der Waals surface area contributed by atoms with Gasteiger partial charge in [-0.05, 0) is 41.9 Å². The fourth-order valence-corrected chi connectivity index (χ4v) is 1.92. The van der Waals surface area contributed by atoms with Crippen molar-refractivity contribution in [2.45, 2.75) is 18.9 Å². The van der Waals surface area contributed by atoms with Gasteiger partial charge in [0.2, 0.25) is 0 Å². The molecular weight excluding hydrogens is 278 g/mol. The van der Waals surface area contributed by atoms with Crippen molar-refractivity contribution in [3.05, 3.63) is 22.8 Å². The molecule has 1 heterocycles. The minimum Gasteiger partial charge on any atom is -0.481 e. The highest BCUT2D eigenvalue weighted by Gasteiger charge is 2.27. The van der Waals surface area contributed by atoms with Crippen LogP contribution in [0.25, 0.3) is 0 Å². The molecule has 0 saturated carbocycles. The molecule has 0 radical (unpaired) electrons. The van der Waals surface area contributed by atoms with Gasteiger partial charge in [0.1, 0.15) is 0 Å². The predicted octanol–water partition coefficient (Wildman–Crippen LogP) is 3.05. The van der Waals surface area contributed by atoms with E-state index in [1.54, 1.807) is 20.0 Å². The molecule has 0 unspecified atom stereocenters. The zero-order valence-corrected chi connectivity index (χ0v) is 10.9. The van der Waals surface area contributed by atoms with Gasteiger partial charge in [0.25, 0.3) is 0 Å². The van der Waals surface area contributed by atoms with Gasteiger partial charge in [0.05, 0.1) is 10.4 Å². The molecule has 0 aliphatic heterocycles. The lowest BCUT2D eigenvalue weighted by Gasteiger charge is -2.17. The summed E-state index contributed by atoms with van der Waals surface area (Å²) in [7, 11) is 0. The van der Waals surface area contributed by atoms with Crippen LogP contribution in [-0.4, -0.2) is 21.8 Å². The SMILES string of the molecule is CC(C)(CSc1ccc(Br)cn1)C(=O)O. The largest absolute Gasteiger partial charge is 0.481 e. The summed E-state index contributed by atoms with van der Waals surface area (Å²) >= 11 is 4.75. The van der Waals surface area contributed by atoms with Crippen molar-refractivity contribution in [3.8, 4) is 0 Å². The topological polar surface area (TPSA) is 50.2 Å². The second kappa shape index (κ2) is 4.99. The van der Waals surface area contributed by atoms with Crippen LogP contribution >= 0.6 is 27.7 Å². The summed E-state index contributed by atoms with van der Waals surface area (Å²) in [5, 5.41) is 9.76. The first kappa shape index (κ1) is 12.5. The van der Waals surface area contributed by atoms with Crippen molar-refractivity contribution in [3.63, 3.8) is 0 Å². The molecule has 1 N–H and O–H groups in total. The van der Waals surface area contributed by atoms with Crippen LogP contribution in [0.3, 0.4) is 0 Å². The molecule has 0 aliphatic carbocycles. The number of thioether (sulfide) groups is 1. The van der Waals surface area contributed by atoms with Crippen LogP contribution in [0, 0.1) is 5.41 Å². The average Bonchev–Trinajstić information content (AvgIpc) is 2.17. The quantitative estimate of drug-likeness (QED) is 0.866. The van der Waals surface area contributed by atoms with Crippen LogP contribution in [0.4, 0.5) is 0 Å². The third kappa shape index (κ3) is 3.83. The van der Waals surface area contributed by atoms with E-state index in [4.69, 9.17) is 5.11 Å². The smallest absolute Gasteiger partial charge is 0.309 e. The van der Waals surface area contributed by atoms with Gasteiger partial charge < -0.3 is 5.11 Å². The maximum Gasteiger partial charge on any atom is 0.309 e. The van der Waals surface area contributed by atoms with Crippen molar-refractivity contribution in [2.24, 2.45) is 5.41 Å². The number of rotatable bonds is 4. The Kier molecular flexibility index (Phi) is 4.16. The minimum absolute atomic E-state index is 0.511. The van der Waals surface area contributed by atoms with Gasteiger partial charge in [0.15, 0.2) is 0 Å². The number of nitrogens with zero attached hydrogens (tertiary/aromatic N) is 1. The summed E-state index contributed by atoms with van der Waals surface area (Å²) in [5.41, 5.74) is -0.723. The maximum absolute atomic E-state index is 10.9. The molecule has 0 aromatic carbocycles. The summed E-state index contributed by atoms with van der Waals surface area (Å²) in [6.45, 7) is 3.42. The highest BCUT2D eigenvalue weighted by Crippen LogP contribution is 2.27. The van der Waals surface area contributed by atoms with E-state index < -0.39 is 11.4 Å². The lowest BCUT2D eigenvalue weighted by atomic mass is 9.97. The standard InChI is InChI=1S/C10H12BrNO2S/c1-10(2,9(13)14)6-15-8-4-3-7(11)5-12-8/h3-5H,6H2,1-2H3,(H,13,14). The zero-order chi connectivity index (χ0) is 11.5. The summed E-state index contributed by atoms with van der Waals surface area (Å²) in [5.74, 6) is -0.274. The molecule has 0 atom stereocenters. The number of hydrogen-bond donors (Lipinski definition) is 1. The summed E-state index contributed by atoms with van der Waals surface area (Å²) in [6, 6.07) is 3.76. The number of pyridine rings is 1. The Hall–Kier alpha value is -0.550. The second-order valence-electron chi connectivity index (χ2n) is 3.79. The Balaban J connectivity index is 2.57. The van der Waals surface area contributed by atoms with Gasteiger partial charge in [-0.1, -0.05) is 0 Å². The first-order chi connectivity index (χ1) is 6.92. The summed E-state index contributed by atoms with van der Waals surface area (Å²) in [4.78, 5) is 15.0. The fourth-order valence-electron chi connectivity index (χ4n) is 0.764. The number of carboxylic acids is 1. The number of aromatic nitrogens is 1. The molecule has 1 aromatic heterocycles. The number of carbonyl (C=O) groups is 1. The normalized spacial score (nSPS) is 11.4. The van der Waals surface area contributed by atoms with Gasteiger partial charge in [-0.25, -0.2) is 4.98 Å². The van der Waals surface area contributed by atoms with E-state index in [1.165, 1.54) is 11.8 Å². The highest BCUT2D eigenvalue weighted by molar-refractivity contribution is 9.10. The monoisotopic (exact) mass is 289 g/mol. The second-order valence-corrected chi connectivity index (χ2v) is 5.70. The molecule has 0 bridgehead atoms. The lowest BCUT2D eigenvalue weighted by molar-refractivity contribution is -0.145. The van der Waals surface area contributed by atoms with E-state index in [-0.39, 0.29) is 0 Å². The zero-order valence-electron chi connectivity index (χ0n) is 8.53.